The van der Waals surface area contributed by atoms with Crippen molar-refractivity contribution in [3.63, 3.8) is 0 Å². The number of nitrogens with zero attached hydrogens (tertiary/aromatic N) is 4. The van der Waals surface area contributed by atoms with Crippen LogP contribution in [0.5, 0.6) is 0 Å². The van der Waals surface area contributed by atoms with Crippen molar-refractivity contribution >= 4 is 33.0 Å². The molecular weight excluding hydrogens is 530 g/mol. The van der Waals surface area contributed by atoms with Gasteiger partial charge in [0.05, 0.1) is 24.6 Å². The largest absolute Gasteiger partial charge is 0.444 e. The normalized spacial score (nSPS) is 19.0. The van der Waals surface area contributed by atoms with E-state index in [2.05, 4.69) is 15.0 Å². The predicted molar refractivity (Wildman–Crippen MR) is 138 cm³/mol. The van der Waals surface area contributed by atoms with Gasteiger partial charge in [0.15, 0.2) is 22.0 Å². The monoisotopic (exact) mass is 553 g/mol. The second kappa shape index (κ2) is 10.4. The molecule has 4 aromatic rings. The topological polar surface area (TPSA) is 156 Å². The van der Waals surface area contributed by atoms with E-state index in [0.717, 1.165) is 16.0 Å². The van der Waals surface area contributed by atoms with E-state index in [1.54, 1.807) is 17.7 Å². The first-order chi connectivity index (χ1) is 18.3. The second-order valence-corrected chi connectivity index (χ2v) is 12.3. The highest BCUT2D eigenvalue weighted by Gasteiger charge is 2.50. The van der Waals surface area contributed by atoms with Crippen molar-refractivity contribution in [1.82, 2.24) is 25.3 Å². The molecule has 11 nitrogen and oxygen atoms in total. The van der Waals surface area contributed by atoms with Gasteiger partial charge in [-0.15, -0.1) is 11.3 Å². The van der Waals surface area contributed by atoms with Gasteiger partial charge in [0, 0.05) is 40.8 Å². The van der Waals surface area contributed by atoms with Crippen LogP contribution in [0.25, 0.3) is 21.8 Å². The molecule has 1 atom stereocenters. The minimum absolute atomic E-state index is 0.0286. The Labute approximate surface area is 222 Å². The number of nitrogens with one attached hydrogen (secondary N) is 1. The van der Waals surface area contributed by atoms with Gasteiger partial charge in [-0.1, -0.05) is 24.3 Å². The zero-order chi connectivity index (χ0) is 26.8. The summed E-state index contributed by atoms with van der Waals surface area (Å²) in [5.41, 5.74) is 3.38. The van der Waals surface area contributed by atoms with E-state index in [1.807, 2.05) is 30.3 Å². The molecule has 0 radical (unpaired) electrons. The minimum atomic E-state index is -3.94. The van der Waals surface area contributed by atoms with Gasteiger partial charge in [0.25, 0.3) is 5.91 Å². The van der Waals surface area contributed by atoms with E-state index in [0.29, 0.717) is 10.6 Å². The first-order valence-electron chi connectivity index (χ1n) is 11.6. The van der Waals surface area contributed by atoms with E-state index in [1.165, 1.54) is 41.2 Å². The molecule has 5 rings (SSSR count). The smallest absolute Gasteiger partial charge is 0.274 e. The Bertz CT molecular complexity index is 1540. The van der Waals surface area contributed by atoms with Gasteiger partial charge < -0.3 is 9.32 Å². The highest BCUT2D eigenvalue weighted by Crippen LogP contribution is 2.45. The molecule has 1 aliphatic rings. The lowest BCUT2D eigenvalue weighted by atomic mass is 9.97. The summed E-state index contributed by atoms with van der Waals surface area (Å²) < 4.78 is 31.2. The molecule has 3 aromatic heterocycles. The zero-order valence-corrected chi connectivity index (χ0v) is 21.6. The molecule has 38 heavy (non-hydrogen) atoms. The second-order valence-electron chi connectivity index (χ2n) is 8.76. The standard InChI is InChI=1S/C25H23N5O6S2/c31-23(29-33)13-25(7-10-30(11-12-38(25,34)35)24(32)19-14-26-8-9-28-19)22-6-5-21(37-22)18-3-1-17(2-4-18)20-15-27-16-36-20/h1-6,8-9,14-16,33H,7,10-13H2,(H,29,31)/t25-/m0/s1. The molecule has 1 aliphatic heterocycles. The average Bonchev–Trinajstić information content (AvgIpc) is 3.63. The Morgan fingerprint density at radius 1 is 1.05 bits per heavy atom. The van der Waals surface area contributed by atoms with Gasteiger partial charge in [-0.3, -0.25) is 19.8 Å². The van der Waals surface area contributed by atoms with Gasteiger partial charge in [-0.05, 0) is 24.1 Å². The number of aromatic nitrogens is 3. The molecule has 196 valence electrons. The van der Waals surface area contributed by atoms with E-state index >= 15 is 0 Å². The lowest BCUT2D eigenvalue weighted by Crippen LogP contribution is -2.41. The highest BCUT2D eigenvalue weighted by molar-refractivity contribution is 7.92. The van der Waals surface area contributed by atoms with Crippen LogP contribution in [0.3, 0.4) is 0 Å². The minimum Gasteiger partial charge on any atom is -0.444 e. The number of hydrogen-bond acceptors (Lipinski definition) is 10. The Hall–Kier alpha value is -3.94. The zero-order valence-electron chi connectivity index (χ0n) is 20.0. The Kier molecular flexibility index (Phi) is 7.06. The first kappa shape index (κ1) is 25.7. The van der Waals surface area contributed by atoms with Gasteiger partial charge >= 0.3 is 0 Å². The fraction of sp³-hybridized carbons (Fsp3) is 0.240. The summed E-state index contributed by atoms with van der Waals surface area (Å²) in [6, 6.07) is 11.1. The predicted octanol–water partition coefficient (Wildman–Crippen LogP) is 2.91. The fourth-order valence-corrected chi connectivity index (χ4v) is 8.15. The number of benzene rings is 1. The van der Waals surface area contributed by atoms with Crippen molar-refractivity contribution in [1.29, 1.82) is 0 Å². The quantitative estimate of drug-likeness (QED) is 0.271. The van der Waals surface area contributed by atoms with Gasteiger partial charge in [-0.25, -0.2) is 23.9 Å². The van der Waals surface area contributed by atoms with Crippen LogP contribution in [0, 0.1) is 0 Å². The van der Waals surface area contributed by atoms with Crippen molar-refractivity contribution in [2.75, 3.05) is 18.8 Å². The molecule has 1 saturated heterocycles. The number of rotatable bonds is 6. The molecule has 0 aliphatic carbocycles. The number of carbonyl (C=O) groups excluding carboxylic acids is 2. The van der Waals surface area contributed by atoms with E-state index in [9.17, 15) is 23.2 Å². The molecule has 13 heteroatoms. The Morgan fingerprint density at radius 2 is 1.84 bits per heavy atom. The summed E-state index contributed by atoms with van der Waals surface area (Å²) in [5.74, 6) is -0.984. The molecular formula is C25H23N5O6S2. The van der Waals surface area contributed by atoms with Crippen molar-refractivity contribution in [2.45, 2.75) is 17.6 Å². The lowest BCUT2D eigenvalue weighted by Gasteiger charge is -2.30. The maximum absolute atomic E-state index is 13.8. The number of amides is 2. The van der Waals surface area contributed by atoms with E-state index < -0.39 is 32.8 Å². The molecule has 2 N–H and O–H groups in total. The molecule has 2 amide bonds. The number of carbonyl (C=O) groups is 2. The number of hydrogen-bond donors (Lipinski definition) is 2. The number of oxazole rings is 1. The van der Waals surface area contributed by atoms with Crippen molar-refractivity contribution in [2.24, 2.45) is 0 Å². The third kappa shape index (κ3) is 4.83. The van der Waals surface area contributed by atoms with Gasteiger partial charge in [0.2, 0.25) is 5.91 Å². The SMILES string of the molecule is O=C(C[C@]1(c2ccc(-c3ccc(-c4cnco4)cc3)s2)CCN(C(=O)c2cnccn2)CCS1(=O)=O)NO. The Balaban J connectivity index is 1.48. The molecule has 0 bridgehead atoms. The van der Waals surface area contributed by atoms with Crippen molar-refractivity contribution in [3.05, 3.63) is 78.2 Å². The molecule has 0 spiro atoms. The van der Waals surface area contributed by atoms with Crippen molar-refractivity contribution in [3.8, 4) is 21.8 Å². The molecule has 1 aromatic carbocycles. The van der Waals surface area contributed by atoms with Crippen LogP contribution >= 0.6 is 11.3 Å². The van der Waals surface area contributed by atoms with Crippen LogP contribution in [0.4, 0.5) is 0 Å². The van der Waals surface area contributed by atoms with Crippen LogP contribution < -0.4 is 5.48 Å². The summed E-state index contributed by atoms with van der Waals surface area (Å²) in [6.45, 7) is 0.0219. The van der Waals surface area contributed by atoms with Crippen molar-refractivity contribution < 1.29 is 27.6 Å². The molecule has 0 saturated carbocycles. The Morgan fingerprint density at radius 3 is 2.53 bits per heavy atom. The number of hydroxylamine groups is 1. The first-order valence-corrected chi connectivity index (χ1v) is 14.1. The van der Waals surface area contributed by atoms with E-state index in [4.69, 9.17) is 4.42 Å². The van der Waals surface area contributed by atoms with Gasteiger partial charge in [-0.2, -0.15) is 0 Å². The van der Waals surface area contributed by atoms with Crippen LogP contribution in [-0.4, -0.2) is 64.1 Å². The summed E-state index contributed by atoms with van der Waals surface area (Å²) in [5, 5.41) is 9.26. The van der Waals surface area contributed by atoms with E-state index in [-0.39, 0.29) is 31.0 Å². The third-order valence-corrected chi connectivity index (χ3v) is 10.5. The summed E-state index contributed by atoms with van der Waals surface area (Å²) >= 11 is 1.26. The summed E-state index contributed by atoms with van der Waals surface area (Å²) in [7, 11) is -3.94. The summed E-state index contributed by atoms with van der Waals surface area (Å²) in [6.07, 6.45) is 6.62. The number of thiophene rings is 1. The lowest BCUT2D eigenvalue weighted by molar-refractivity contribution is -0.129. The van der Waals surface area contributed by atoms with Crippen LogP contribution in [0.1, 0.15) is 28.2 Å². The maximum Gasteiger partial charge on any atom is 0.274 e. The number of sulfone groups is 1. The third-order valence-electron chi connectivity index (χ3n) is 6.59. The molecule has 0 unspecified atom stereocenters. The fourth-order valence-electron chi connectivity index (χ4n) is 4.54. The molecule has 4 heterocycles. The van der Waals surface area contributed by atoms with Crippen LogP contribution in [0.15, 0.2) is 72.0 Å². The highest BCUT2D eigenvalue weighted by atomic mass is 32.2. The molecule has 1 fully saturated rings. The van der Waals surface area contributed by atoms with Gasteiger partial charge in [0.1, 0.15) is 10.4 Å². The van der Waals surface area contributed by atoms with Crippen LogP contribution in [-0.2, 0) is 19.4 Å². The maximum atomic E-state index is 13.8. The van der Waals surface area contributed by atoms with Crippen LogP contribution in [0.2, 0.25) is 0 Å². The summed E-state index contributed by atoms with van der Waals surface area (Å²) in [4.78, 5) is 39.9. The average molecular weight is 554 g/mol.